The number of rotatable bonds is 9. The van der Waals surface area contributed by atoms with Crippen molar-refractivity contribution in [2.45, 2.75) is 19.9 Å². The smallest absolute Gasteiger partial charge is 0.337 e. The van der Waals surface area contributed by atoms with Crippen LogP contribution in [0, 0.1) is 0 Å². The number of aromatic nitrogens is 1. The highest BCUT2D eigenvalue weighted by Gasteiger charge is 2.13. The lowest BCUT2D eigenvalue weighted by Crippen LogP contribution is -2.20. The van der Waals surface area contributed by atoms with Crippen LogP contribution in [-0.2, 0) is 27.2 Å². The summed E-state index contributed by atoms with van der Waals surface area (Å²) in [5, 5.41) is 0. The minimum atomic E-state index is -0.413. The molecule has 0 N–H and O–H groups in total. The summed E-state index contributed by atoms with van der Waals surface area (Å²) in [5.41, 5.74) is 2.09. The van der Waals surface area contributed by atoms with Crippen LogP contribution in [-0.4, -0.2) is 51.0 Å². The number of fused-ring (bicyclic) bond motifs is 1. The van der Waals surface area contributed by atoms with E-state index in [2.05, 4.69) is 4.99 Å². The molecular weight excluding hydrogens is 432 g/mol. The van der Waals surface area contributed by atoms with Gasteiger partial charge in [-0.05, 0) is 42.8 Å². The second kappa shape index (κ2) is 10.9. The molecule has 2 aromatic carbocycles. The predicted octanol–water partition coefficient (Wildman–Crippen LogP) is 3.21. The molecule has 0 saturated heterocycles. The molecule has 1 aromatic heterocycles. The first-order valence-corrected chi connectivity index (χ1v) is 10.9. The molecule has 0 atom stereocenters. The second-order valence-corrected chi connectivity index (χ2v) is 7.79. The Bertz CT molecular complexity index is 1180. The van der Waals surface area contributed by atoms with Crippen molar-refractivity contribution in [1.29, 1.82) is 0 Å². The molecule has 0 aliphatic heterocycles. The molecule has 3 rings (SSSR count). The van der Waals surface area contributed by atoms with E-state index in [0.717, 1.165) is 15.8 Å². The Hall–Kier alpha value is -3.17. The molecule has 0 fully saturated rings. The van der Waals surface area contributed by atoms with Crippen LogP contribution in [0.2, 0.25) is 0 Å². The summed E-state index contributed by atoms with van der Waals surface area (Å²) in [6.07, 6.45) is 0.119. The van der Waals surface area contributed by atoms with Gasteiger partial charge in [0.25, 0.3) is 5.91 Å². The lowest BCUT2D eigenvalue weighted by Gasteiger charge is -2.08. The fourth-order valence-electron chi connectivity index (χ4n) is 3.23. The van der Waals surface area contributed by atoms with E-state index in [1.807, 2.05) is 23.6 Å². The zero-order valence-electron chi connectivity index (χ0n) is 18.5. The van der Waals surface area contributed by atoms with Crippen molar-refractivity contribution in [1.82, 2.24) is 4.57 Å². The first-order valence-electron chi connectivity index (χ1n) is 10.1. The van der Waals surface area contributed by atoms with Crippen molar-refractivity contribution in [3.05, 3.63) is 52.3 Å². The maximum atomic E-state index is 12.8. The Kier molecular flexibility index (Phi) is 8.02. The summed E-state index contributed by atoms with van der Waals surface area (Å²) < 4.78 is 23.6. The van der Waals surface area contributed by atoms with Gasteiger partial charge < -0.3 is 23.5 Å². The summed E-state index contributed by atoms with van der Waals surface area (Å²) in [7, 11) is 4.46. The first-order chi connectivity index (χ1) is 15.5. The lowest BCUT2D eigenvalue weighted by atomic mass is 10.1. The number of esters is 1. The molecule has 1 amide bonds. The Balaban J connectivity index is 1.96. The number of thiazole rings is 1. The van der Waals surface area contributed by atoms with Gasteiger partial charge in [0.2, 0.25) is 0 Å². The number of hydrogen-bond donors (Lipinski definition) is 0. The highest BCUT2D eigenvalue weighted by atomic mass is 32.1. The molecule has 0 aliphatic carbocycles. The van der Waals surface area contributed by atoms with Crippen LogP contribution < -0.4 is 14.3 Å². The average molecular weight is 459 g/mol. The molecule has 9 heteroatoms. The van der Waals surface area contributed by atoms with Crippen molar-refractivity contribution in [2.24, 2.45) is 4.99 Å². The summed E-state index contributed by atoms with van der Waals surface area (Å²) in [5.74, 6) is 0.452. The van der Waals surface area contributed by atoms with Crippen LogP contribution in [0.4, 0.5) is 0 Å². The van der Waals surface area contributed by atoms with E-state index in [-0.39, 0.29) is 12.3 Å². The molecule has 1 heterocycles. The van der Waals surface area contributed by atoms with Gasteiger partial charge in [-0.1, -0.05) is 17.4 Å². The number of carbonyl (C=O) groups excluding carboxylic acids is 2. The van der Waals surface area contributed by atoms with E-state index in [1.54, 1.807) is 38.5 Å². The molecule has 170 valence electrons. The minimum Gasteiger partial charge on any atom is -0.493 e. The number of benzene rings is 2. The SMILES string of the molecule is CCOCCn1c(=NC(=O)Cc2ccc(OC)c(OC)c2)sc2cc(C(=O)OC)ccc21. The van der Waals surface area contributed by atoms with Crippen LogP contribution in [0.1, 0.15) is 22.8 Å². The average Bonchev–Trinajstić information content (AvgIpc) is 3.14. The van der Waals surface area contributed by atoms with Gasteiger partial charge in [0, 0.05) is 13.2 Å². The van der Waals surface area contributed by atoms with Gasteiger partial charge in [0.1, 0.15) is 0 Å². The Labute approximate surface area is 190 Å². The van der Waals surface area contributed by atoms with E-state index >= 15 is 0 Å². The van der Waals surface area contributed by atoms with Crippen molar-refractivity contribution in [3.8, 4) is 11.5 Å². The van der Waals surface area contributed by atoms with Crippen molar-refractivity contribution in [3.63, 3.8) is 0 Å². The quantitative estimate of drug-likeness (QED) is 0.361. The monoisotopic (exact) mass is 458 g/mol. The lowest BCUT2D eigenvalue weighted by molar-refractivity contribution is -0.117. The van der Waals surface area contributed by atoms with Gasteiger partial charge >= 0.3 is 5.97 Å². The third kappa shape index (κ3) is 5.35. The van der Waals surface area contributed by atoms with Gasteiger partial charge in [0.05, 0.1) is 50.1 Å². The van der Waals surface area contributed by atoms with E-state index in [9.17, 15) is 9.59 Å². The number of nitrogens with zero attached hydrogens (tertiary/aromatic N) is 2. The highest BCUT2D eigenvalue weighted by Crippen LogP contribution is 2.27. The van der Waals surface area contributed by atoms with Crippen molar-refractivity contribution < 1.29 is 28.5 Å². The van der Waals surface area contributed by atoms with Gasteiger partial charge in [-0.25, -0.2) is 4.79 Å². The second-order valence-electron chi connectivity index (χ2n) is 6.78. The van der Waals surface area contributed by atoms with Crippen molar-refractivity contribution in [2.75, 3.05) is 34.5 Å². The molecule has 8 nitrogen and oxygen atoms in total. The van der Waals surface area contributed by atoms with Gasteiger partial charge in [0.15, 0.2) is 16.3 Å². The summed E-state index contributed by atoms with van der Waals surface area (Å²) in [6.45, 7) is 3.54. The van der Waals surface area contributed by atoms with Gasteiger partial charge in [-0.3, -0.25) is 4.79 Å². The first kappa shape index (κ1) is 23.5. The van der Waals surface area contributed by atoms with E-state index in [0.29, 0.717) is 41.6 Å². The topological polar surface area (TPSA) is 88.4 Å². The number of amides is 1. The zero-order valence-corrected chi connectivity index (χ0v) is 19.4. The Morgan fingerprint density at radius 2 is 1.81 bits per heavy atom. The van der Waals surface area contributed by atoms with E-state index in [4.69, 9.17) is 18.9 Å². The number of carbonyl (C=O) groups is 2. The molecule has 3 aromatic rings. The Morgan fingerprint density at radius 1 is 1.03 bits per heavy atom. The molecule has 0 spiro atoms. The standard InChI is InChI=1S/C23H26N2O6S/c1-5-31-11-10-25-17-8-7-16(22(27)30-4)14-20(17)32-23(25)24-21(26)13-15-6-9-18(28-2)19(12-15)29-3/h6-9,12,14H,5,10-11,13H2,1-4H3. The molecule has 0 aliphatic rings. The summed E-state index contributed by atoms with van der Waals surface area (Å²) in [4.78, 5) is 29.6. The molecule has 32 heavy (non-hydrogen) atoms. The van der Waals surface area contributed by atoms with Crippen LogP contribution in [0.25, 0.3) is 10.2 Å². The van der Waals surface area contributed by atoms with Crippen LogP contribution in [0.15, 0.2) is 41.4 Å². The minimum absolute atomic E-state index is 0.119. The summed E-state index contributed by atoms with van der Waals surface area (Å²) in [6, 6.07) is 10.6. The largest absolute Gasteiger partial charge is 0.493 e. The molecule has 0 radical (unpaired) electrons. The highest BCUT2D eigenvalue weighted by molar-refractivity contribution is 7.16. The van der Waals surface area contributed by atoms with E-state index in [1.165, 1.54) is 18.4 Å². The Morgan fingerprint density at radius 3 is 2.50 bits per heavy atom. The van der Waals surface area contributed by atoms with Crippen molar-refractivity contribution >= 4 is 33.4 Å². The predicted molar refractivity (Wildman–Crippen MR) is 121 cm³/mol. The maximum absolute atomic E-state index is 12.8. The fraction of sp³-hybridized carbons (Fsp3) is 0.348. The van der Waals surface area contributed by atoms with Gasteiger partial charge in [-0.2, -0.15) is 4.99 Å². The zero-order chi connectivity index (χ0) is 23.1. The van der Waals surface area contributed by atoms with Crippen LogP contribution in [0.3, 0.4) is 0 Å². The number of methoxy groups -OCH3 is 3. The normalized spacial score (nSPS) is 11.6. The van der Waals surface area contributed by atoms with Gasteiger partial charge in [-0.15, -0.1) is 0 Å². The van der Waals surface area contributed by atoms with E-state index < -0.39 is 5.97 Å². The third-order valence-electron chi connectivity index (χ3n) is 4.79. The van der Waals surface area contributed by atoms with Crippen LogP contribution in [0.5, 0.6) is 11.5 Å². The third-order valence-corrected chi connectivity index (χ3v) is 5.83. The molecular formula is C23H26N2O6S. The molecule has 0 saturated carbocycles. The molecule has 0 bridgehead atoms. The fourth-order valence-corrected chi connectivity index (χ4v) is 4.34. The summed E-state index contributed by atoms with van der Waals surface area (Å²) >= 11 is 1.34. The maximum Gasteiger partial charge on any atom is 0.337 e. The number of hydrogen-bond acceptors (Lipinski definition) is 7. The van der Waals surface area contributed by atoms with Crippen LogP contribution >= 0.6 is 11.3 Å². The molecule has 0 unspecified atom stereocenters. The number of ether oxygens (including phenoxy) is 4.